The van der Waals surface area contributed by atoms with E-state index in [0.717, 1.165) is 10.2 Å². The first-order valence-corrected chi connectivity index (χ1v) is 7.40. The van der Waals surface area contributed by atoms with Gasteiger partial charge in [0.15, 0.2) is 0 Å². The van der Waals surface area contributed by atoms with Crippen molar-refractivity contribution in [3.05, 3.63) is 57.1 Å². The normalized spacial score (nSPS) is 10.0. The number of ether oxygens (including phenoxy) is 1. The number of amides is 1. The van der Waals surface area contributed by atoms with Crippen molar-refractivity contribution >= 4 is 38.9 Å². The number of nitrogens with zero attached hydrogens (tertiary/aromatic N) is 1. The number of carbonyl (C=O) groups excluding carboxylic acids is 1. The maximum Gasteiger partial charge on any atom is 0.273 e. The van der Waals surface area contributed by atoms with E-state index in [1.165, 1.54) is 25.3 Å². The lowest BCUT2D eigenvalue weighted by Crippen LogP contribution is -2.22. The maximum absolute atomic E-state index is 12.0. The second kappa shape index (κ2) is 7.59. The lowest BCUT2D eigenvalue weighted by Gasteiger charge is -2.11. The summed E-state index contributed by atoms with van der Waals surface area (Å²) in [5.41, 5.74) is 1.08. The minimum absolute atomic E-state index is 0.0573. The number of carbonyl (C=O) groups is 1. The first-order valence-electron chi connectivity index (χ1n) is 6.61. The summed E-state index contributed by atoms with van der Waals surface area (Å²) in [5, 5.41) is 16.4. The molecule has 0 heterocycles. The minimum atomic E-state index is -0.525. The summed E-state index contributed by atoms with van der Waals surface area (Å²) in [6.45, 7) is 0.0573. The highest BCUT2D eigenvalue weighted by atomic mass is 79.9. The predicted molar refractivity (Wildman–Crippen MR) is 90.9 cm³/mol. The van der Waals surface area contributed by atoms with Gasteiger partial charge in [0.25, 0.3) is 5.69 Å². The SMILES string of the molecule is COc1cc([N+](=O)[O-])ccc1NC(=O)CNc1ccc(Br)cc1. The van der Waals surface area contributed by atoms with Gasteiger partial charge in [-0.05, 0) is 30.3 Å². The van der Waals surface area contributed by atoms with Gasteiger partial charge in [0, 0.05) is 16.2 Å². The quantitative estimate of drug-likeness (QED) is 0.592. The van der Waals surface area contributed by atoms with E-state index in [4.69, 9.17) is 4.74 Å². The Morgan fingerprint density at radius 3 is 2.57 bits per heavy atom. The van der Waals surface area contributed by atoms with Crippen molar-refractivity contribution in [1.29, 1.82) is 0 Å². The van der Waals surface area contributed by atoms with Crippen LogP contribution in [0.15, 0.2) is 46.9 Å². The van der Waals surface area contributed by atoms with Crippen LogP contribution in [-0.2, 0) is 4.79 Å². The Labute approximate surface area is 140 Å². The van der Waals surface area contributed by atoms with Gasteiger partial charge in [0.2, 0.25) is 5.91 Å². The largest absolute Gasteiger partial charge is 0.494 e. The zero-order valence-electron chi connectivity index (χ0n) is 12.2. The molecule has 8 heteroatoms. The molecule has 1 amide bonds. The summed E-state index contributed by atoms with van der Waals surface area (Å²) in [5.74, 6) is -0.0590. The van der Waals surface area contributed by atoms with E-state index < -0.39 is 4.92 Å². The van der Waals surface area contributed by atoms with Crippen molar-refractivity contribution in [1.82, 2.24) is 0 Å². The molecule has 2 aromatic carbocycles. The monoisotopic (exact) mass is 379 g/mol. The van der Waals surface area contributed by atoms with Gasteiger partial charge in [-0.15, -0.1) is 0 Å². The smallest absolute Gasteiger partial charge is 0.273 e. The Kier molecular flexibility index (Phi) is 5.53. The van der Waals surface area contributed by atoms with Gasteiger partial charge in [-0.3, -0.25) is 14.9 Å². The van der Waals surface area contributed by atoms with Crippen molar-refractivity contribution in [2.45, 2.75) is 0 Å². The molecule has 0 saturated carbocycles. The van der Waals surface area contributed by atoms with Gasteiger partial charge in [-0.1, -0.05) is 15.9 Å². The number of methoxy groups -OCH3 is 1. The molecule has 0 aliphatic rings. The third-order valence-electron chi connectivity index (χ3n) is 2.97. The average molecular weight is 380 g/mol. The standard InChI is InChI=1S/C15H14BrN3O4/c1-23-14-8-12(19(21)22)6-7-13(14)18-15(20)9-17-11-4-2-10(16)3-5-11/h2-8,17H,9H2,1H3,(H,18,20). The molecule has 0 saturated heterocycles. The lowest BCUT2D eigenvalue weighted by molar-refractivity contribution is -0.384. The van der Waals surface area contributed by atoms with E-state index in [1.54, 1.807) is 0 Å². The summed E-state index contributed by atoms with van der Waals surface area (Å²) >= 11 is 3.33. The number of hydrogen-bond acceptors (Lipinski definition) is 5. The molecule has 2 aromatic rings. The number of nitro benzene ring substituents is 1. The van der Waals surface area contributed by atoms with Gasteiger partial charge < -0.3 is 15.4 Å². The zero-order valence-corrected chi connectivity index (χ0v) is 13.8. The van der Waals surface area contributed by atoms with Crippen LogP contribution in [0, 0.1) is 10.1 Å². The highest BCUT2D eigenvalue weighted by Gasteiger charge is 2.13. The second-order valence-electron chi connectivity index (χ2n) is 4.55. The molecule has 23 heavy (non-hydrogen) atoms. The van der Waals surface area contributed by atoms with Crippen LogP contribution < -0.4 is 15.4 Å². The molecular weight excluding hydrogens is 366 g/mol. The molecule has 0 unspecified atom stereocenters. The summed E-state index contributed by atoms with van der Waals surface area (Å²) in [4.78, 5) is 22.2. The van der Waals surface area contributed by atoms with Crippen molar-refractivity contribution in [2.75, 3.05) is 24.3 Å². The van der Waals surface area contributed by atoms with Gasteiger partial charge in [0.1, 0.15) is 5.75 Å². The van der Waals surface area contributed by atoms with Gasteiger partial charge >= 0.3 is 0 Å². The molecular formula is C15H14BrN3O4. The predicted octanol–water partition coefficient (Wildman–Crippen LogP) is 3.42. The number of anilines is 2. The first-order chi connectivity index (χ1) is 11.0. The molecule has 0 bridgehead atoms. The van der Waals surface area contributed by atoms with Crippen LogP contribution in [0.25, 0.3) is 0 Å². The van der Waals surface area contributed by atoms with Crippen LogP contribution in [-0.4, -0.2) is 24.5 Å². The number of non-ortho nitro benzene ring substituents is 1. The third kappa shape index (κ3) is 4.68. The van der Waals surface area contributed by atoms with Gasteiger partial charge in [-0.25, -0.2) is 0 Å². The molecule has 7 nitrogen and oxygen atoms in total. The fraction of sp³-hybridized carbons (Fsp3) is 0.133. The Morgan fingerprint density at radius 2 is 1.96 bits per heavy atom. The average Bonchev–Trinajstić information content (AvgIpc) is 2.54. The number of nitrogens with one attached hydrogen (secondary N) is 2. The Balaban J connectivity index is 1.99. The van der Waals surface area contributed by atoms with Crippen molar-refractivity contribution in [2.24, 2.45) is 0 Å². The van der Waals surface area contributed by atoms with E-state index in [9.17, 15) is 14.9 Å². The number of hydrogen-bond donors (Lipinski definition) is 2. The summed E-state index contributed by atoms with van der Waals surface area (Å²) in [6.07, 6.45) is 0. The van der Waals surface area contributed by atoms with E-state index in [1.807, 2.05) is 24.3 Å². The molecule has 2 rings (SSSR count). The third-order valence-corrected chi connectivity index (χ3v) is 3.50. The molecule has 2 N–H and O–H groups in total. The molecule has 0 aromatic heterocycles. The number of halogens is 1. The van der Waals surface area contributed by atoms with Crippen LogP contribution in [0.5, 0.6) is 5.75 Å². The summed E-state index contributed by atoms with van der Waals surface area (Å²) in [6, 6.07) is 11.4. The molecule has 0 aliphatic heterocycles. The summed E-state index contributed by atoms with van der Waals surface area (Å²) < 4.78 is 6.02. The Bertz CT molecular complexity index is 719. The van der Waals surface area contributed by atoms with Crippen molar-refractivity contribution in [3.8, 4) is 5.75 Å². The van der Waals surface area contributed by atoms with E-state index in [-0.39, 0.29) is 23.9 Å². The lowest BCUT2D eigenvalue weighted by atomic mass is 10.2. The molecule has 0 atom stereocenters. The highest BCUT2D eigenvalue weighted by Crippen LogP contribution is 2.28. The van der Waals surface area contributed by atoms with Gasteiger partial charge in [-0.2, -0.15) is 0 Å². The number of nitro groups is 1. The van der Waals surface area contributed by atoms with E-state index in [2.05, 4.69) is 26.6 Å². The maximum atomic E-state index is 12.0. The van der Waals surface area contributed by atoms with Crippen LogP contribution in [0.1, 0.15) is 0 Å². The minimum Gasteiger partial charge on any atom is -0.494 e. The topological polar surface area (TPSA) is 93.5 Å². The number of benzene rings is 2. The Hall–Kier alpha value is -2.61. The fourth-order valence-electron chi connectivity index (χ4n) is 1.84. The van der Waals surface area contributed by atoms with Crippen molar-refractivity contribution < 1.29 is 14.5 Å². The van der Waals surface area contributed by atoms with Crippen LogP contribution >= 0.6 is 15.9 Å². The van der Waals surface area contributed by atoms with Crippen LogP contribution in [0.3, 0.4) is 0 Å². The first kappa shape index (κ1) is 16.8. The zero-order chi connectivity index (χ0) is 16.8. The fourth-order valence-corrected chi connectivity index (χ4v) is 2.11. The van der Waals surface area contributed by atoms with Crippen LogP contribution in [0.4, 0.5) is 17.1 Å². The molecule has 120 valence electrons. The highest BCUT2D eigenvalue weighted by molar-refractivity contribution is 9.10. The molecule has 0 radical (unpaired) electrons. The Morgan fingerprint density at radius 1 is 1.26 bits per heavy atom. The second-order valence-corrected chi connectivity index (χ2v) is 5.47. The van der Waals surface area contributed by atoms with Crippen molar-refractivity contribution in [3.63, 3.8) is 0 Å². The molecule has 0 fully saturated rings. The molecule has 0 aliphatic carbocycles. The van der Waals surface area contributed by atoms with E-state index >= 15 is 0 Å². The van der Waals surface area contributed by atoms with Gasteiger partial charge in [0.05, 0.1) is 30.3 Å². The van der Waals surface area contributed by atoms with Crippen LogP contribution in [0.2, 0.25) is 0 Å². The van der Waals surface area contributed by atoms with E-state index in [0.29, 0.717) is 5.69 Å². The number of rotatable bonds is 6. The molecule has 0 spiro atoms. The summed E-state index contributed by atoms with van der Waals surface area (Å²) in [7, 11) is 1.38.